The average Bonchev–Trinajstić information content (AvgIpc) is 3.37. The van der Waals surface area contributed by atoms with Gasteiger partial charge >= 0.3 is 0 Å². The zero-order valence-electron chi connectivity index (χ0n) is 15.8. The van der Waals surface area contributed by atoms with Crippen LogP contribution in [0.15, 0.2) is 67.1 Å². The second-order valence-electron chi connectivity index (χ2n) is 6.50. The highest BCUT2D eigenvalue weighted by Gasteiger charge is 2.06. The molecule has 0 radical (unpaired) electrons. The molecule has 2 heterocycles. The maximum atomic E-state index is 5.80. The van der Waals surface area contributed by atoms with Crippen LogP contribution in [0.3, 0.4) is 0 Å². The number of hydrogen-bond donors (Lipinski definition) is 0. The third-order valence-electron chi connectivity index (χ3n) is 4.33. The Labute approximate surface area is 163 Å². The van der Waals surface area contributed by atoms with E-state index in [2.05, 4.69) is 34.5 Å². The maximum absolute atomic E-state index is 5.80. The number of aromatic nitrogens is 5. The number of aryl methyl sites for hydroxylation is 1. The van der Waals surface area contributed by atoms with E-state index in [4.69, 9.17) is 9.47 Å². The van der Waals surface area contributed by atoms with Crippen molar-refractivity contribution in [3.8, 4) is 17.2 Å². The second-order valence-corrected chi connectivity index (χ2v) is 6.50. The Morgan fingerprint density at radius 2 is 1.71 bits per heavy atom. The number of rotatable bonds is 7. The monoisotopic (exact) mass is 375 g/mol. The minimum absolute atomic E-state index is 0.336. The summed E-state index contributed by atoms with van der Waals surface area (Å²) in [6.07, 6.45) is 5.43. The van der Waals surface area contributed by atoms with Crippen molar-refractivity contribution in [1.29, 1.82) is 0 Å². The first-order valence-electron chi connectivity index (χ1n) is 8.96. The summed E-state index contributed by atoms with van der Waals surface area (Å²) in [6.45, 7) is 3.04. The molecule has 2 aromatic carbocycles. The molecule has 142 valence electrons. The summed E-state index contributed by atoms with van der Waals surface area (Å²) >= 11 is 0. The van der Waals surface area contributed by atoms with Crippen molar-refractivity contribution in [3.63, 3.8) is 0 Å². The molecule has 7 heteroatoms. The predicted molar refractivity (Wildman–Crippen MR) is 105 cm³/mol. The van der Waals surface area contributed by atoms with Crippen LogP contribution in [0.25, 0.3) is 5.69 Å². The Balaban J connectivity index is 1.35. The molecule has 0 saturated carbocycles. The predicted octanol–water partition coefficient (Wildman–Crippen LogP) is 3.41. The van der Waals surface area contributed by atoms with Crippen LogP contribution in [-0.4, -0.2) is 31.9 Å². The van der Waals surface area contributed by atoms with Crippen molar-refractivity contribution in [1.82, 2.24) is 24.8 Å². The van der Waals surface area contributed by atoms with Gasteiger partial charge in [-0.05, 0) is 36.8 Å². The van der Waals surface area contributed by atoms with Gasteiger partial charge in [-0.15, -0.1) is 5.10 Å². The number of nitrogens with zero attached hydrogens (tertiary/aromatic N) is 5. The quantitative estimate of drug-likeness (QED) is 0.495. The van der Waals surface area contributed by atoms with Gasteiger partial charge in [0.2, 0.25) is 0 Å². The molecule has 28 heavy (non-hydrogen) atoms. The summed E-state index contributed by atoms with van der Waals surface area (Å²) in [5.41, 5.74) is 4.09. The molecule has 0 amide bonds. The van der Waals surface area contributed by atoms with Crippen molar-refractivity contribution in [2.75, 3.05) is 7.11 Å². The molecule has 0 saturated heterocycles. The second kappa shape index (κ2) is 7.96. The topological polar surface area (TPSA) is 67.0 Å². The number of benzene rings is 2. The van der Waals surface area contributed by atoms with E-state index in [9.17, 15) is 0 Å². The lowest BCUT2D eigenvalue weighted by Gasteiger charge is -2.03. The fourth-order valence-corrected chi connectivity index (χ4v) is 2.78. The van der Waals surface area contributed by atoms with E-state index < -0.39 is 0 Å². The number of hydrogen-bond acceptors (Lipinski definition) is 5. The molecule has 4 rings (SSSR count). The van der Waals surface area contributed by atoms with Gasteiger partial charge in [0.1, 0.15) is 18.1 Å². The lowest BCUT2D eigenvalue weighted by atomic mass is 10.2. The molecule has 2 aromatic heterocycles. The van der Waals surface area contributed by atoms with Gasteiger partial charge in [0.25, 0.3) is 0 Å². The van der Waals surface area contributed by atoms with E-state index in [1.165, 1.54) is 5.56 Å². The first kappa shape index (κ1) is 17.8. The van der Waals surface area contributed by atoms with Crippen molar-refractivity contribution in [2.24, 2.45) is 0 Å². The largest absolute Gasteiger partial charge is 0.497 e. The van der Waals surface area contributed by atoms with E-state index in [0.717, 1.165) is 22.7 Å². The van der Waals surface area contributed by atoms with E-state index >= 15 is 0 Å². The third kappa shape index (κ3) is 4.20. The summed E-state index contributed by atoms with van der Waals surface area (Å²) in [5.74, 6) is 1.52. The van der Waals surface area contributed by atoms with Crippen molar-refractivity contribution in [3.05, 3.63) is 83.9 Å². The highest BCUT2D eigenvalue weighted by atomic mass is 16.5. The first-order valence-corrected chi connectivity index (χ1v) is 8.96. The Kier molecular flexibility index (Phi) is 5.05. The maximum Gasteiger partial charge on any atom is 0.158 e. The van der Waals surface area contributed by atoms with Crippen LogP contribution in [0, 0.1) is 6.92 Å². The molecular weight excluding hydrogens is 354 g/mol. The van der Waals surface area contributed by atoms with Gasteiger partial charge in [-0.25, -0.2) is 9.36 Å². The van der Waals surface area contributed by atoms with E-state index in [1.807, 2.05) is 48.8 Å². The molecular formula is C21H21N5O2. The lowest BCUT2D eigenvalue weighted by Crippen LogP contribution is -2.00. The van der Waals surface area contributed by atoms with E-state index in [-0.39, 0.29) is 0 Å². The van der Waals surface area contributed by atoms with E-state index in [0.29, 0.717) is 18.9 Å². The normalized spacial score (nSPS) is 10.8. The minimum atomic E-state index is 0.336. The molecule has 7 nitrogen and oxygen atoms in total. The molecule has 0 aliphatic heterocycles. The van der Waals surface area contributed by atoms with Gasteiger partial charge in [-0.1, -0.05) is 35.0 Å². The van der Waals surface area contributed by atoms with Gasteiger partial charge in [0.05, 0.1) is 37.9 Å². The molecule has 0 atom stereocenters. The van der Waals surface area contributed by atoms with Crippen LogP contribution in [0.1, 0.15) is 16.8 Å². The molecule has 0 spiro atoms. The van der Waals surface area contributed by atoms with Crippen LogP contribution in [0.4, 0.5) is 0 Å². The molecule has 0 aliphatic carbocycles. The summed E-state index contributed by atoms with van der Waals surface area (Å²) < 4.78 is 14.5. The summed E-state index contributed by atoms with van der Waals surface area (Å²) in [5, 5.41) is 12.7. The smallest absolute Gasteiger partial charge is 0.158 e. The van der Waals surface area contributed by atoms with Crippen molar-refractivity contribution >= 4 is 0 Å². The Bertz CT molecular complexity index is 1040. The van der Waals surface area contributed by atoms with Crippen molar-refractivity contribution < 1.29 is 9.47 Å². The fraction of sp³-hybridized carbons (Fsp3) is 0.190. The molecule has 0 fully saturated rings. The highest BCUT2D eigenvalue weighted by molar-refractivity contribution is 5.34. The van der Waals surface area contributed by atoms with Crippen LogP contribution >= 0.6 is 0 Å². The fourth-order valence-electron chi connectivity index (χ4n) is 2.78. The SMILES string of the molecule is COc1ccc(Cn2cc(COc3cnn(-c4ccc(C)cc4)c3)nn2)cc1. The zero-order chi connectivity index (χ0) is 19.3. The van der Waals surface area contributed by atoms with Gasteiger partial charge in [0, 0.05) is 0 Å². The van der Waals surface area contributed by atoms with Gasteiger partial charge in [0.15, 0.2) is 5.75 Å². The highest BCUT2D eigenvalue weighted by Crippen LogP contribution is 2.16. The average molecular weight is 375 g/mol. The first-order chi connectivity index (χ1) is 13.7. The summed E-state index contributed by atoms with van der Waals surface area (Å²) in [7, 11) is 1.66. The Hall–Kier alpha value is -3.61. The molecule has 4 aromatic rings. The van der Waals surface area contributed by atoms with Crippen LogP contribution in [0.5, 0.6) is 11.5 Å². The summed E-state index contributed by atoms with van der Waals surface area (Å²) in [6, 6.07) is 16.0. The Morgan fingerprint density at radius 1 is 0.929 bits per heavy atom. The molecule has 0 N–H and O–H groups in total. The summed E-state index contributed by atoms with van der Waals surface area (Å²) in [4.78, 5) is 0. The Morgan fingerprint density at radius 3 is 2.46 bits per heavy atom. The molecule has 0 unspecified atom stereocenters. The van der Waals surface area contributed by atoms with Crippen LogP contribution in [0.2, 0.25) is 0 Å². The van der Waals surface area contributed by atoms with Crippen molar-refractivity contribution in [2.45, 2.75) is 20.1 Å². The molecule has 0 bridgehead atoms. The standard InChI is InChI=1S/C21H21N5O2/c1-16-3-7-19(8-4-16)26-14-21(11-22-26)28-15-18-13-25(24-23-18)12-17-5-9-20(27-2)10-6-17/h3-11,13-14H,12,15H2,1-2H3. The van der Waals surface area contributed by atoms with Gasteiger partial charge < -0.3 is 9.47 Å². The third-order valence-corrected chi connectivity index (χ3v) is 4.33. The van der Waals surface area contributed by atoms with Gasteiger partial charge in [-0.3, -0.25) is 0 Å². The van der Waals surface area contributed by atoms with Crippen LogP contribution in [-0.2, 0) is 13.2 Å². The van der Waals surface area contributed by atoms with Gasteiger partial charge in [-0.2, -0.15) is 5.10 Å². The molecule has 0 aliphatic rings. The van der Waals surface area contributed by atoms with Crippen LogP contribution < -0.4 is 9.47 Å². The minimum Gasteiger partial charge on any atom is -0.497 e. The van der Waals surface area contributed by atoms with E-state index in [1.54, 1.807) is 22.7 Å². The zero-order valence-corrected chi connectivity index (χ0v) is 15.8. The number of methoxy groups -OCH3 is 1. The lowest BCUT2D eigenvalue weighted by molar-refractivity contribution is 0.301. The number of ether oxygens (including phenoxy) is 2.